The number of ether oxygens (including phenoxy) is 1. The van der Waals surface area contributed by atoms with Crippen LogP contribution in [0.4, 0.5) is 4.39 Å². The topological polar surface area (TPSA) is 98.5 Å². The molecule has 1 amide bonds. The number of thioether (sulfide) groups is 1. The van der Waals surface area contributed by atoms with Gasteiger partial charge >= 0.3 is 0 Å². The Morgan fingerprint density at radius 2 is 1.69 bits per heavy atom. The molecular formula is C17H17FN2O4S2. The minimum Gasteiger partial charge on any atom is -0.457 e. The van der Waals surface area contributed by atoms with Crippen LogP contribution in [0.5, 0.6) is 11.5 Å². The predicted molar refractivity (Wildman–Crippen MR) is 97.3 cm³/mol. The number of rotatable bonds is 5. The minimum atomic E-state index is -3.76. The molecule has 0 spiro atoms. The Balaban J connectivity index is 1.80. The smallest absolute Gasteiger partial charge is 0.236 e. The third-order valence-electron chi connectivity index (χ3n) is 3.83. The van der Waals surface area contributed by atoms with E-state index in [-0.39, 0.29) is 10.7 Å². The second-order valence-corrected chi connectivity index (χ2v) is 9.26. The van der Waals surface area contributed by atoms with E-state index in [4.69, 9.17) is 10.5 Å². The Morgan fingerprint density at radius 1 is 1.12 bits per heavy atom. The van der Waals surface area contributed by atoms with Crippen LogP contribution in [-0.2, 0) is 14.6 Å². The third kappa shape index (κ3) is 4.00. The van der Waals surface area contributed by atoms with Gasteiger partial charge < -0.3 is 15.8 Å². The summed E-state index contributed by atoms with van der Waals surface area (Å²) in [5, 5.41) is 2.86. The standard InChI is InChI=1S/C17H17FN2O4S2/c18-11-1-3-12(4-2-11)24-13-5-7-14(8-6-13)26(22,23)17-15(16(19)21)20-9-10-25-17/h1-8,15,17,20H,9-10H2,(H2,19,21). The number of carbonyl (C=O) groups excluding carboxylic acids is 1. The van der Waals surface area contributed by atoms with Crippen LogP contribution in [0.2, 0.25) is 0 Å². The van der Waals surface area contributed by atoms with Gasteiger partial charge in [0, 0.05) is 12.3 Å². The maximum absolute atomic E-state index is 12.9. The van der Waals surface area contributed by atoms with Gasteiger partial charge in [0.05, 0.1) is 4.90 Å². The van der Waals surface area contributed by atoms with E-state index in [1.807, 2.05) is 0 Å². The van der Waals surface area contributed by atoms with Crippen molar-refractivity contribution in [2.75, 3.05) is 12.3 Å². The highest BCUT2D eigenvalue weighted by atomic mass is 32.3. The number of halogens is 1. The van der Waals surface area contributed by atoms with Crippen LogP contribution >= 0.6 is 11.8 Å². The highest BCUT2D eigenvalue weighted by Gasteiger charge is 2.40. The van der Waals surface area contributed by atoms with Crippen LogP contribution in [0.1, 0.15) is 0 Å². The number of carbonyl (C=O) groups is 1. The van der Waals surface area contributed by atoms with E-state index in [0.717, 1.165) is 0 Å². The molecule has 3 rings (SSSR count). The van der Waals surface area contributed by atoms with Gasteiger partial charge in [0.25, 0.3) is 0 Å². The SMILES string of the molecule is NC(=O)C1NCCSC1S(=O)(=O)c1ccc(Oc2ccc(F)cc2)cc1. The highest BCUT2D eigenvalue weighted by Crippen LogP contribution is 2.31. The Morgan fingerprint density at radius 3 is 2.27 bits per heavy atom. The average Bonchev–Trinajstić information content (AvgIpc) is 2.64. The zero-order valence-corrected chi connectivity index (χ0v) is 15.2. The second kappa shape index (κ2) is 7.65. The molecule has 1 aliphatic rings. The first kappa shape index (κ1) is 18.7. The van der Waals surface area contributed by atoms with Gasteiger partial charge in [-0.1, -0.05) is 0 Å². The summed E-state index contributed by atoms with van der Waals surface area (Å²) in [4.78, 5) is 11.6. The molecule has 6 nitrogen and oxygen atoms in total. The number of nitrogens with two attached hydrogens (primary N) is 1. The van der Waals surface area contributed by atoms with Crippen molar-refractivity contribution in [1.82, 2.24) is 5.32 Å². The monoisotopic (exact) mass is 396 g/mol. The van der Waals surface area contributed by atoms with Gasteiger partial charge in [-0.05, 0) is 48.5 Å². The van der Waals surface area contributed by atoms with Gasteiger partial charge in [0.1, 0.15) is 27.9 Å². The molecule has 138 valence electrons. The van der Waals surface area contributed by atoms with Crippen LogP contribution in [0.15, 0.2) is 53.4 Å². The Bertz CT molecular complexity index is 886. The molecule has 3 N–H and O–H groups in total. The minimum absolute atomic E-state index is 0.0800. The molecule has 1 aliphatic heterocycles. The number of hydrogen-bond donors (Lipinski definition) is 2. The molecule has 26 heavy (non-hydrogen) atoms. The van der Waals surface area contributed by atoms with Crippen molar-refractivity contribution >= 4 is 27.5 Å². The number of nitrogens with one attached hydrogen (secondary N) is 1. The number of hydrogen-bond acceptors (Lipinski definition) is 6. The molecule has 1 heterocycles. The Hall–Kier alpha value is -2.10. The van der Waals surface area contributed by atoms with E-state index in [2.05, 4.69) is 5.32 Å². The molecule has 9 heteroatoms. The summed E-state index contributed by atoms with van der Waals surface area (Å²) < 4.78 is 43.2. The van der Waals surface area contributed by atoms with Crippen molar-refractivity contribution in [1.29, 1.82) is 0 Å². The molecule has 2 aromatic rings. The molecule has 2 unspecified atom stereocenters. The fourth-order valence-electron chi connectivity index (χ4n) is 2.56. The van der Waals surface area contributed by atoms with Gasteiger partial charge in [-0.25, -0.2) is 12.8 Å². The summed E-state index contributed by atoms with van der Waals surface area (Å²) >= 11 is 1.19. The van der Waals surface area contributed by atoms with Crippen molar-refractivity contribution < 1.29 is 22.3 Å². The molecular weight excluding hydrogens is 379 g/mol. The number of primary amides is 1. The largest absolute Gasteiger partial charge is 0.457 e. The van der Waals surface area contributed by atoms with Gasteiger partial charge in [0.15, 0.2) is 9.84 Å². The first-order valence-corrected chi connectivity index (χ1v) is 10.4. The van der Waals surface area contributed by atoms with E-state index in [0.29, 0.717) is 23.8 Å². The van der Waals surface area contributed by atoms with Crippen molar-refractivity contribution in [3.63, 3.8) is 0 Å². The van der Waals surface area contributed by atoms with Crippen molar-refractivity contribution in [2.24, 2.45) is 5.73 Å². The van der Waals surface area contributed by atoms with Gasteiger partial charge in [-0.2, -0.15) is 0 Å². The summed E-state index contributed by atoms with van der Waals surface area (Å²) in [6.07, 6.45) is 0. The fraction of sp³-hybridized carbons (Fsp3) is 0.235. The fourth-order valence-corrected chi connectivity index (χ4v) is 6.16. The second-order valence-electron chi connectivity index (χ2n) is 5.65. The zero-order chi connectivity index (χ0) is 18.7. The van der Waals surface area contributed by atoms with Crippen LogP contribution in [0.25, 0.3) is 0 Å². The summed E-state index contributed by atoms with van der Waals surface area (Å²) in [5.41, 5.74) is 5.33. The summed E-state index contributed by atoms with van der Waals surface area (Å²) in [6, 6.07) is 10.4. The van der Waals surface area contributed by atoms with Crippen molar-refractivity contribution in [2.45, 2.75) is 15.5 Å². The molecule has 0 radical (unpaired) electrons. The van der Waals surface area contributed by atoms with E-state index < -0.39 is 26.4 Å². The van der Waals surface area contributed by atoms with Crippen molar-refractivity contribution in [3.8, 4) is 11.5 Å². The molecule has 2 atom stereocenters. The van der Waals surface area contributed by atoms with Crippen LogP contribution in [0.3, 0.4) is 0 Å². The van der Waals surface area contributed by atoms with E-state index in [9.17, 15) is 17.6 Å². The first-order valence-electron chi connectivity index (χ1n) is 7.79. The molecule has 0 aliphatic carbocycles. The molecule has 0 aromatic heterocycles. The van der Waals surface area contributed by atoms with Crippen LogP contribution in [0, 0.1) is 5.82 Å². The molecule has 1 saturated heterocycles. The summed E-state index contributed by atoms with van der Waals surface area (Å²) in [5.74, 6) is 0.349. The van der Waals surface area contributed by atoms with Gasteiger partial charge in [0.2, 0.25) is 5.91 Å². The van der Waals surface area contributed by atoms with Gasteiger partial charge in [-0.3, -0.25) is 4.79 Å². The maximum Gasteiger partial charge on any atom is 0.236 e. The lowest BCUT2D eigenvalue weighted by molar-refractivity contribution is -0.119. The first-order chi connectivity index (χ1) is 12.4. The van der Waals surface area contributed by atoms with Crippen LogP contribution in [-0.4, -0.2) is 37.2 Å². The normalized spacial score (nSPS) is 20.5. The lowest BCUT2D eigenvalue weighted by atomic mass is 10.3. The Kier molecular flexibility index (Phi) is 5.49. The van der Waals surface area contributed by atoms with E-state index in [1.54, 1.807) is 0 Å². The lowest BCUT2D eigenvalue weighted by Crippen LogP contribution is -2.54. The predicted octanol–water partition coefficient (Wildman–Crippen LogP) is 1.91. The number of amides is 1. The average molecular weight is 396 g/mol. The van der Waals surface area contributed by atoms with Crippen LogP contribution < -0.4 is 15.8 Å². The lowest BCUT2D eigenvalue weighted by Gasteiger charge is -2.29. The molecule has 0 bridgehead atoms. The van der Waals surface area contributed by atoms with Crippen molar-refractivity contribution in [3.05, 3.63) is 54.3 Å². The van der Waals surface area contributed by atoms with Gasteiger partial charge in [-0.15, -0.1) is 11.8 Å². The van der Waals surface area contributed by atoms with E-state index >= 15 is 0 Å². The summed E-state index contributed by atoms with van der Waals surface area (Å²) in [7, 11) is -3.76. The number of benzene rings is 2. The maximum atomic E-state index is 12.9. The molecule has 1 fully saturated rings. The molecule has 0 saturated carbocycles. The third-order valence-corrected chi connectivity index (χ3v) is 7.86. The number of sulfone groups is 1. The molecule has 2 aromatic carbocycles. The highest BCUT2D eigenvalue weighted by molar-refractivity contribution is 8.13. The summed E-state index contributed by atoms with van der Waals surface area (Å²) in [6.45, 7) is 0.523. The quantitative estimate of drug-likeness (QED) is 0.801. The van der Waals surface area contributed by atoms with E-state index in [1.165, 1.54) is 60.3 Å². The zero-order valence-electron chi connectivity index (χ0n) is 13.6. The Labute approximate surface area is 154 Å².